The van der Waals surface area contributed by atoms with Gasteiger partial charge in [-0.2, -0.15) is 0 Å². The molecule has 1 aromatic heterocycles. The van der Waals surface area contributed by atoms with E-state index in [4.69, 9.17) is 14.2 Å². The Kier molecular flexibility index (Phi) is 16.5. The highest BCUT2D eigenvalue weighted by molar-refractivity contribution is 5.97. The van der Waals surface area contributed by atoms with E-state index >= 15 is 0 Å². The second kappa shape index (κ2) is 19.5. The predicted octanol–water partition coefficient (Wildman–Crippen LogP) is 5.65. The minimum absolute atomic E-state index is 0.0510. The number of fused-ring (bicyclic) bond motifs is 1. The molecule has 318 valence electrons. The maximum Gasteiger partial charge on any atom is 0.410 e. The first-order chi connectivity index (χ1) is 26.2. The molecule has 0 aliphatic heterocycles. The maximum absolute atomic E-state index is 14.8. The molecule has 57 heavy (non-hydrogen) atoms. The summed E-state index contributed by atoms with van der Waals surface area (Å²) in [5.41, 5.74) is -0.654. The van der Waals surface area contributed by atoms with E-state index in [1.807, 2.05) is 90.5 Å². The molecule has 14 nitrogen and oxygen atoms in total. The zero-order valence-corrected chi connectivity index (χ0v) is 37.0. The van der Waals surface area contributed by atoms with Crippen LogP contribution in [0, 0.1) is 11.3 Å². The molecule has 0 radical (unpaired) electrons. The molecule has 0 unspecified atom stereocenters. The first kappa shape index (κ1) is 48.3. The fourth-order valence-electron chi connectivity index (χ4n) is 6.83. The molecule has 0 bridgehead atoms. The summed E-state index contributed by atoms with van der Waals surface area (Å²) in [5, 5.41) is 6.53. The number of carbonyl (C=O) groups excluding carboxylic acids is 6. The fourth-order valence-corrected chi connectivity index (χ4v) is 6.83. The summed E-state index contributed by atoms with van der Waals surface area (Å²) in [5.74, 6) is -3.25. The summed E-state index contributed by atoms with van der Waals surface area (Å²) in [7, 11) is 5.05. The number of hydrogen-bond donors (Lipinski definition) is 2. The van der Waals surface area contributed by atoms with Crippen molar-refractivity contribution in [2.75, 3.05) is 27.3 Å². The van der Waals surface area contributed by atoms with Gasteiger partial charge < -0.3 is 34.3 Å². The molecule has 4 atom stereocenters. The zero-order chi connectivity index (χ0) is 43.8. The van der Waals surface area contributed by atoms with Crippen LogP contribution >= 0.6 is 0 Å². The van der Waals surface area contributed by atoms with E-state index in [-0.39, 0.29) is 24.7 Å². The molecule has 2 rings (SSSR count). The van der Waals surface area contributed by atoms with Crippen molar-refractivity contribution in [3.05, 3.63) is 47.7 Å². The minimum Gasteiger partial charge on any atom is -0.466 e. The van der Waals surface area contributed by atoms with Crippen molar-refractivity contribution in [1.82, 2.24) is 25.0 Å². The molecule has 0 aliphatic rings. The number of nitrogens with zero attached hydrogens (tertiary/aromatic N) is 3. The molecular formula is C43H67N5O9. The molecule has 0 spiro atoms. The lowest BCUT2D eigenvalue weighted by atomic mass is 9.76. The Labute approximate surface area is 339 Å². The van der Waals surface area contributed by atoms with E-state index in [0.717, 1.165) is 16.5 Å². The largest absolute Gasteiger partial charge is 0.466 e. The molecule has 1 heterocycles. The van der Waals surface area contributed by atoms with E-state index < -0.39 is 82.8 Å². The number of carbonyl (C=O) groups is 6. The van der Waals surface area contributed by atoms with Gasteiger partial charge in [-0.15, -0.1) is 0 Å². The highest BCUT2D eigenvalue weighted by Gasteiger charge is 2.47. The Hall–Kier alpha value is -4.88. The van der Waals surface area contributed by atoms with Crippen molar-refractivity contribution in [3.63, 3.8) is 0 Å². The molecule has 0 aliphatic carbocycles. The van der Waals surface area contributed by atoms with Crippen molar-refractivity contribution in [1.29, 1.82) is 0 Å². The van der Waals surface area contributed by atoms with Gasteiger partial charge in [-0.25, -0.2) is 9.59 Å². The van der Waals surface area contributed by atoms with Gasteiger partial charge >= 0.3 is 18.0 Å². The van der Waals surface area contributed by atoms with Gasteiger partial charge in [0.15, 0.2) is 0 Å². The Balaban J connectivity index is 2.57. The van der Waals surface area contributed by atoms with Crippen LogP contribution in [0.4, 0.5) is 4.79 Å². The molecule has 2 N–H and O–H groups in total. The minimum atomic E-state index is -1.28. The number of aryl methyl sites for hydroxylation is 1. The Bertz CT molecular complexity index is 1800. The van der Waals surface area contributed by atoms with E-state index in [9.17, 15) is 28.8 Å². The van der Waals surface area contributed by atoms with Gasteiger partial charge in [-0.3, -0.25) is 24.1 Å². The van der Waals surface area contributed by atoms with Gasteiger partial charge in [-0.05, 0) is 64.5 Å². The summed E-state index contributed by atoms with van der Waals surface area (Å²) >= 11 is 0. The number of benzene rings is 1. The van der Waals surface area contributed by atoms with E-state index in [1.54, 1.807) is 54.7 Å². The quantitative estimate of drug-likeness (QED) is 0.124. The summed E-state index contributed by atoms with van der Waals surface area (Å²) in [6.45, 7) is 23.3. The monoisotopic (exact) mass is 797 g/mol. The van der Waals surface area contributed by atoms with Crippen LogP contribution in [0.1, 0.15) is 102 Å². The normalized spacial score (nSPS) is 14.6. The standard InChI is InChI=1S/C43H67N5O9/c1-17-55-33(49)24-30(39(53)56-18-2)44-36(50)27(5)23-32(26(3)4)47(15)38(52)34(41(6,7)8)45-37(51)35(48(16)40(54)57-42(9,10)11)43(12,13)29-25-46(14)31-22-20-19-21-28(29)31/h19-23,25-26,30,32,34-35H,17-18,24H2,1-16H3,(H,44,50)(H,45,51)/b27-23+/t30-,32-,34-,35-/m1/s1. The first-order valence-electron chi connectivity index (χ1n) is 19.6. The van der Waals surface area contributed by atoms with Crippen LogP contribution in [0.15, 0.2) is 42.1 Å². The van der Waals surface area contributed by atoms with Crippen LogP contribution in [-0.4, -0.2) is 107 Å². The summed E-state index contributed by atoms with van der Waals surface area (Å²) in [6, 6.07) is 3.70. The molecule has 0 saturated heterocycles. The number of esters is 2. The number of aromatic nitrogens is 1. The van der Waals surface area contributed by atoms with E-state index in [2.05, 4.69) is 10.6 Å². The third kappa shape index (κ3) is 12.6. The molecular weight excluding hydrogens is 730 g/mol. The van der Waals surface area contributed by atoms with Crippen molar-refractivity contribution in [2.24, 2.45) is 18.4 Å². The number of amides is 4. The van der Waals surface area contributed by atoms with Gasteiger partial charge in [0, 0.05) is 49.2 Å². The number of likely N-dealkylation sites (N-methyl/N-ethyl adjacent to an activating group) is 2. The zero-order valence-electron chi connectivity index (χ0n) is 37.0. The highest BCUT2D eigenvalue weighted by Crippen LogP contribution is 2.37. The van der Waals surface area contributed by atoms with Gasteiger partial charge in [0.1, 0.15) is 23.7 Å². The third-order valence-corrected chi connectivity index (χ3v) is 9.80. The third-order valence-electron chi connectivity index (χ3n) is 9.80. The lowest BCUT2D eigenvalue weighted by Gasteiger charge is -2.42. The molecule has 0 saturated carbocycles. The first-order valence-corrected chi connectivity index (χ1v) is 19.6. The van der Waals surface area contributed by atoms with Crippen molar-refractivity contribution >= 4 is 46.7 Å². The van der Waals surface area contributed by atoms with Crippen molar-refractivity contribution in [2.45, 2.75) is 132 Å². The van der Waals surface area contributed by atoms with Crippen LogP contribution in [0.2, 0.25) is 0 Å². The lowest BCUT2D eigenvalue weighted by Crippen LogP contribution is -2.63. The van der Waals surface area contributed by atoms with Crippen LogP contribution in [-0.2, 0) is 50.6 Å². The number of ether oxygens (including phenoxy) is 3. The van der Waals surface area contributed by atoms with Gasteiger partial charge in [0.25, 0.3) is 0 Å². The van der Waals surface area contributed by atoms with Crippen LogP contribution in [0.3, 0.4) is 0 Å². The van der Waals surface area contributed by atoms with E-state index in [0.29, 0.717) is 0 Å². The molecule has 2 aromatic rings. The summed E-state index contributed by atoms with van der Waals surface area (Å²) < 4.78 is 17.8. The van der Waals surface area contributed by atoms with Gasteiger partial charge in [-0.1, -0.05) is 72.7 Å². The van der Waals surface area contributed by atoms with Crippen molar-refractivity contribution in [3.8, 4) is 0 Å². The van der Waals surface area contributed by atoms with Gasteiger partial charge in [0.05, 0.1) is 25.7 Å². The SMILES string of the molecule is CCOC(=O)C[C@@H](NC(=O)/C(C)=C/[C@H](C(C)C)N(C)C(=O)[C@@H](NC(=O)[C@@H](N(C)C(=O)OC(C)(C)C)C(C)(C)c1cn(C)c2ccccc12)C(C)(C)C)C(=O)OCC. The predicted molar refractivity (Wildman–Crippen MR) is 220 cm³/mol. The average molecular weight is 798 g/mol. The topological polar surface area (TPSA) is 166 Å². The van der Waals surface area contributed by atoms with Crippen LogP contribution < -0.4 is 10.6 Å². The Morgan fingerprint density at radius 1 is 0.860 bits per heavy atom. The second-order valence-corrected chi connectivity index (χ2v) is 17.5. The number of hydrogen-bond acceptors (Lipinski definition) is 9. The fraction of sp³-hybridized carbons (Fsp3) is 0.628. The molecule has 4 amide bonds. The second-order valence-electron chi connectivity index (χ2n) is 17.5. The van der Waals surface area contributed by atoms with E-state index in [1.165, 1.54) is 16.8 Å². The van der Waals surface area contributed by atoms with Crippen LogP contribution in [0.5, 0.6) is 0 Å². The average Bonchev–Trinajstić information content (AvgIpc) is 3.44. The molecule has 14 heteroatoms. The maximum atomic E-state index is 14.8. The molecule has 1 aromatic carbocycles. The number of rotatable bonds is 16. The lowest BCUT2D eigenvalue weighted by molar-refractivity contribution is -0.153. The smallest absolute Gasteiger partial charge is 0.410 e. The summed E-state index contributed by atoms with van der Waals surface area (Å²) in [6.07, 6.45) is 2.47. The van der Waals surface area contributed by atoms with Gasteiger partial charge in [0.2, 0.25) is 17.7 Å². The number of para-hydroxylation sites is 1. The van der Waals surface area contributed by atoms with Crippen LogP contribution in [0.25, 0.3) is 10.9 Å². The van der Waals surface area contributed by atoms with Crippen molar-refractivity contribution < 1.29 is 43.0 Å². The number of nitrogens with one attached hydrogen (secondary N) is 2. The summed E-state index contributed by atoms with van der Waals surface area (Å²) in [4.78, 5) is 84.2. The highest BCUT2D eigenvalue weighted by atomic mass is 16.6. The molecule has 0 fully saturated rings. The Morgan fingerprint density at radius 3 is 1.96 bits per heavy atom. The Morgan fingerprint density at radius 2 is 1.44 bits per heavy atom.